The quantitative estimate of drug-likeness (QED) is 0.903. The summed E-state index contributed by atoms with van der Waals surface area (Å²) in [6.45, 7) is 2.83. The smallest absolute Gasteiger partial charge is 0.128 e. The van der Waals surface area contributed by atoms with Gasteiger partial charge in [0.25, 0.3) is 0 Å². The van der Waals surface area contributed by atoms with E-state index in [4.69, 9.17) is 0 Å². The fourth-order valence-electron chi connectivity index (χ4n) is 1.84. The van der Waals surface area contributed by atoms with Gasteiger partial charge >= 0.3 is 0 Å². The normalized spacial score (nSPS) is 10.9. The third-order valence-corrected chi connectivity index (χ3v) is 2.76. The Kier molecular flexibility index (Phi) is 3.72. The molecule has 0 amide bonds. The molecule has 96 valence electrons. The van der Waals surface area contributed by atoms with E-state index in [0.29, 0.717) is 12.1 Å². The van der Waals surface area contributed by atoms with Gasteiger partial charge in [-0.05, 0) is 32.2 Å². The van der Waals surface area contributed by atoms with E-state index in [2.05, 4.69) is 10.4 Å². The zero-order valence-corrected chi connectivity index (χ0v) is 10.4. The van der Waals surface area contributed by atoms with Crippen molar-refractivity contribution >= 4 is 0 Å². The van der Waals surface area contributed by atoms with Crippen LogP contribution >= 0.6 is 0 Å². The summed E-state index contributed by atoms with van der Waals surface area (Å²) < 4.78 is 28.2. The molecule has 0 aliphatic carbocycles. The topological polar surface area (TPSA) is 29.9 Å². The number of aryl methyl sites for hydroxylation is 1. The van der Waals surface area contributed by atoms with Crippen LogP contribution in [0.25, 0.3) is 0 Å². The van der Waals surface area contributed by atoms with Gasteiger partial charge in [0.05, 0.1) is 12.2 Å². The third-order valence-electron chi connectivity index (χ3n) is 2.76. The minimum Gasteiger partial charge on any atom is -0.316 e. The highest BCUT2D eigenvalue weighted by Gasteiger charge is 2.08. The molecule has 0 bridgehead atoms. The highest BCUT2D eigenvalue weighted by atomic mass is 19.1. The number of aromatic nitrogens is 2. The molecule has 1 N–H and O–H groups in total. The Morgan fingerprint density at radius 2 is 2.06 bits per heavy atom. The summed E-state index contributed by atoms with van der Waals surface area (Å²) in [4.78, 5) is 0. The van der Waals surface area contributed by atoms with Gasteiger partial charge in [0, 0.05) is 23.9 Å². The summed E-state index contributed by atoms with van der Waals surface area (Å²) in [6.07, 6.45) is 1.84. The molecule has 0 fully saturated rings. The summed E-state index contributed by atoms with van der Waals surface area (Å²) in [7, 11) is 1.85. The zero-order chi connectivity index (χ0) is 13.1. The summed E-state index contributed by atoms with van der Waals surface area (Å²) in [5.41, 5.74) is 2.24. The standard InChI is InChI=1S/C13H15F2N3/c1-9-11(6-16-2)8-18(17-9)7-10-5-12(14)3-4-13(10)15/h3-5,8,16H,6-7H2,1-2H3. The lowest BCUT2D eigenvalue weighted by Crippen LogP contribution is -2.05. The number of benzene rings is 1. The molecule has 0 unspecified atom stereocenters. The van der Waals surface area contributed by atoms with Crippen molar-refractivity contribution in [1.82, 2.24) is 15.1 Å². The maximum absolute atomic E-state index is 13.5. The highest BCUT2D eigenvalue weighted by molar-refractivity contribution is 5.20. The number of halogens is 2. The molecule has 0 spiro atoms. The first-order valence-electron chi connectivity index (χ1n) is 5.71. The molecule has 0 aliphatic rings. The SMILES string of the molecule is CNCc1cn(Cc2cc(F)ccc2F)nc1C. The van der Waals surface area contributed by atoms with Gasteiger partial charge in [-0.2, -0.15) is 5.10 Å². The van der Waals surface area contributed by atoms with Crippen molar-refractivity contribution in [2.45, 2.75) is 20.0 Å². The Balaban J connectivity index is 2.23. The van der Waals surface area contributed by atoms with E-state index in [9.17, 15) is 8.78 Å². The van der Waals surface area contributed by atoms with Gasteiger partial charge in [-0.1, -0.05) is 0 Å². The van der Waals surface area contributed by atoms with Crippen molar-refractivity contribution in [2.24, 2.45) is 0 Å². The summed E-state index contributed by atoms with van der Waals surface area (Å²) in [5.74, 6) is -0.856. The maximum atomic E-state index is 13.5. The summed E-state index contributed by atoms with van der Waals surface area (Å²) >= 11 is 0. The number of nitrogens with one attached hydrogen (secondary N) is 1. The van der Waals surface area contributed by atoms with E-state index < -0.39 is 11.6 Å². The second kappa shape index (κ2) is 5.27. The molecule has 1 aromatic heterocycles. The van der Waals surface area contributed by atoms with E-state index >= 15 is 0 Å². The lowest BCUT2D eigenvalue weighted by molar-refractivity contribution is 0.565. The van der Waals surface area contributed by atoms with Gasteiger partial charge < -0.3 is 5.32 Å². The van der Waals surface area contributed by atoms with E-state index in [1.54, 1.807) is 4.68 Å². The Labute approximate surface area is 104 Å². The summed E-state index contributed by atoms with van der Waals surface area (Å²) in [6, 6.07) is 3.44. The minimum atomic E-state index is -0.439. The molecule has 1 aromatic carbocycles. The van der Waals surface area contributed by atoms with Crippen LogP contribution in [0.3, 0.4) is 0 Å². The molecule has 0 atom stereocenters. The molecule has 2 rings (SSSR count). The van der Waals surface area contributed by atoms with Crippen LogP contribution in [0.2, 0.25) is 0 Å². The Bertz CT molecular complexity index is 549. The highest BCUT2D eigenvalue weighted by Crippen LogP contribution is 2.13. The van der Waals surface area contributed by atoms with Crippen LogP contribution in [-0.2, 0) is 13.1 Å². The minimum absolute atomic E-state index is 0.230. The van der Waals surface area contributed by atoms with Gasteiger partial charge in [-0.3, -0.25) is 4.68 Å². The second-order valence-corrected chi connectivity index (χ2v) is 4.20. The number of hydrogen-bond acceptors (Lipinski definition) is 2. The first-order chi connectivity index (χ1) is 8.60. The average Bonchev–Trinajstić information content (AvgIpc) is 2.65. The van der Waals surface area contributed by atoms with Gasteiger partial charge in [0.2, 0.25) is 0 Å². The van der Waals surface area contributed by atoms with Crippen molar-refractivity contribution in [1.29, 1.82) is 0 Å². The fraction of sp³-hybridized carbons (Fsp3) is 0.308. The first kappa shape index (κ1) is 12.7. The fourth-order valence-corrected chi connectivity index (χ4v) is 1.84. The lowest BCUT2D eigenvalue weighted by Gasteiger charge is -2.03. The molecule has 3 nitrogen and oxygen atoms in total. The molecular formula is C13H15F2N3. The van der Waals surface area contributed by atoms with Gasteiger partial charge in [0.15, 0.2) is 0 Å². The van der Waals surface area contributed by atoms with Crippen molar-refractivity contribution in [2.75, 3.05) is 7.05 Å². The Morgan fingerprint density at radius 3 is 2.78 bits per heavy atom. The van der Waals surface area contributed by atoms with Crippen molar-refractivity contribution < 1.29 is 8.78 Å². The largest absolute Gasteiger partial charge is 0.316 e. The van der Waals surface area contributed by atoms with Crippen LogP contribution in [-0.4, -0.2) is 16.8 Å². The van der Waals surface area contributed by atoms with Gasteiger partial charge in [-0.15, -0.1) is 0 Å². The van der Waals surface area contributed by atoms with Crippen molar-refractivity contribution in [3.05, 3.63) is 52.9 Å². The predicted octanol–water partition coefficient (Wildman–Crippen LogP) is 2.24. The molecule has 18 heavy (non-hydrogen) atoms. The van der Waals surface area contributed by atoms with E-state index in [1.165, 1.54) is 6.07 Å². The van der Waals surface area contributed by atoms with Crippen molar-refractivity contribution in [3.8, 4) is 0 Å². The van der Waals surface area contributed by atoms with Crippen molar-refractivity contribution in [3.63, 3.8) is 0 Å². The average molecular weight is 251 g/mol. The maximum Gasteiger partial charge on any atom is 0.128 e. The molecule has 1 heterocycles. The van der Waals surface area contributed by atoms with Crippen LogP contribution < -0.4 is 5.32 Å². The molecule has 5 heteroatoms. The van der Waals surface area contributed by atoms with Crippen LogP contribution in [0, 0.1) is 18.6 Å². The predicted molar refractivity (Wildman–Crippen MR) is 65.2 cm³/mol. The molecular weight excluding hydrogens is 236 g/mol. The summed E-state index contributed by atoms with van der Waals surface area (Å²) in [5, 5.41) is 7.32. The number of rotatable bonds is 4. The van der Waals surface area contributed by atoms with Crippen LogP contribution in [0.15, 0.2) is 24.4 Å². The number of hydrogen-bond donors (Lipinski definition) is 1. The third kappa shape index (κ3) is 2.73. The Hall–Kier alpha value is -1.75. The molecule has 0 aliphatic heterocycles. The van der Waals surface area contributed by atoms with E-state index in [0.717, 1.165) is 23.4 Å². The van der Waals surface area contributed by atoms with Gasteiger partial charge in [0.1, 0.15) is 11.6 Å². The van der Waals surface area contributed by atoms with Crippen LogP contribution in [0.4, 0.5) is 8.78 Å². The monoisotopic (exact) mass is 251 g/mol. The molecule has 0 saturated carbocycles. The molecule has 2 aromatic rings. The Morgan fingerprint density at radius 1 is 1.28 bits per heavy atom. The van der Waals surface area contributed by atoms with Crippen LogP contribution in [0.5, 0.6) is 0 Å². The lowest BCUT2D eigenvalue weighted by atomic mass is 10.2. The molecule has 0 saturated heterocycles. The second-order valence-electron chi connectivity index (χ2n) is 4.20. The number of nitrogens with zero attached hydrogens (tertiary/aromatic N) is 2. The van der Waals surface area contributed by atoms with Crippen LogP contribution in [0.1, 0.15) is 16.8 Å². The zero-order valence-electron chi connectivity index (χ0n) is 10.4. The molecule has 0 radical (unpaired) electrons. The van der Waals surface area contributed by atoms with Gasteiger partial charge in [-0.25, -0.2) is 8.78 Å². The van der Waals surface area contributed by atoms with E-state index in [-0.39, 0.29) is 6.54 Å². The van der Waals surface area contributed by atoms with E-state index in [1.807, 2.05) is 20.2 Å². The first-order valence-corrected chi connectivity index (χ1v) is 5.71.